The van der Waals surface area contributed by atoms with E-state index in [0.717, 1.165) is 10.2 Å². The molecule has 0 aliphatic carbocycles. The average Bonchev–Trinajstić information content (AvgIpc) is 2.92. The van der Waals surface area contributed by atoms with E-state index in [1.807, 2.05) is 12.1 Å². The van der Waals surface area contributed by atoms with Crippen LogP contribution in [0, 0.1) is 5.95 Å². The Morgan fingerprint density at radius 2 is 1.52 bits per heavy atom. The van der Waals surface area contributed by atoms with Crippen LogP contribution in [-0.2, 0) is 5.41 Å². The highest BCUT2D eigenvalue weighted by Crippen LogP contribution is 2.35. The van der Waals surface area contributed by atoms with E-state index in [-0.39, 0.29) is 11.0 Å². The van der Waals surface area contributed by atoms with Gasteiger partial charge in [0.05, 0.1) is 11.3 Å². The summed E-state index contributed by atoms with van der Waals surface area (Å²) in [5.74, 6) is -0.787. The number of aromatic nitrogens is 2. The number of hydrogen-bond donors (Lipinski definition) is 0. The Labute approximate surface area is 144 Å². The Kier molecular flexibility index (Phi) is 4.41. The van der Waals surface area contributed by atoms with Gasteiger partial charge in [-0.05, 0) is 28.7 Å². The van der Waals surface area contributed by atoms with Gasteiger partial charge in [0.1, 0.15) is 5.69 Å². The summed E-state index contributed by atoms with van der Waals surface area (Å²) in [6.07, 6.45) is -2.86. The van der Waals surface area contributed by atoms with Crippen LogP contribution in [0.15, 0.2) is 54.6 Å². The first-order valence-corrected chi connectivity index (χ1v) is 8.02. The fourth-order valence-corrected chi connectivity index (χ4v) is 2.71. The molecule has 25 heavy (non-hydrogen) atoms. The number of halogens is 3. The van der Waals surface area contributed by atoms with Crippen LogP contribution in [0.3, 0.4) is 0 Å². The highest BCUT2D eigenvalue weighted by molar-refractivity contribution is 5.67. The second-order valence-corrected chi connectivity index (χ2v) is 6.93. The Morgan fingerprint density at radius 3 is 2.04 bits per heavy atom. The third-order valence-corrected chi connectivity index (χ3v) is 4.10. The molecule has 0 saturated heterocycles. The Balaban J connectivity index is 2.14. The molecule has 0 spiro atoms. The molecule has 0 aliphatic rings. The molecule has 2 aromatic carbocycles. The standard InChI is InChI=1S/C20H19F3N2/c1-20(2,3)14-11-9-13(10-12-14)16-17(18(21)22)24-25(19(16)23)15-7-5-4-6-8-15/h4-12,18H,1-3H3. The summed E-state index contributed by atoms with van der Waals surface area (Å²) >= 11 is 0. The van der Waals surface area contributed by atoms with Crippen molar-refractivity contribution in [1.82, 2.24) is 9.78 Å². The van der Waals surface area contributed by atoms with Gasteiger partial charge in [-0.2, -0.15) is 9.49 Å². The monoisotopic (exact) mass is 344 g/mol. The first-order chi connectivity index (χ1) is 11.8. The first-order valence-electron chi connectivity index (χ1n) is 8.02. The van der Waals surface area contributed by atoms with Gasteiger partial charge in [0.15, 0.2) is 0 Å². The number of alkyl halides is 2. The van der Waals surface area contributed by atoms with Gasteiger partial charge in [-0.1, -0.05) is 63.2 Å². The fraction of sp³-hybridized carbons (Fsp3) is 0.250. The van der Waals surface area contributed by atoms with Crippen molar-refractivity contribution < 1.29 is 13.2 Å². The minimum absolute atomic E-state index is 0.0726. The molecule has 3 rings (SSSR count). The second-order valence-electron chi connectivity index (χ2n) is 6.93. The van der Waals surface area contributed by atoms with Crippen LogP contribution in [0.1, 0.15) is 38.5 Å². The number of benzene rings is 2. The van der Waals surface area contributed by atoms with E-state index in [1.165, 1.54) is 0 Å². The van der Waals surface area contributed by atoms with Crippen molar-refractivity contribution in [2.45, 2.75) is 32.6 Å². The lowest BCUT2D eigenvalue weighted by Crippen LogP contribution is -2.10. The highest BCUT2D eigenvalue weighted by Gasteiger charge is 2.26. The molecule has 1 aromatic heterocycles. The lowest BCUT2D eigenvalue weighted by atomic mass is 9.86. The molecule has 0 unspecified atom stereocenters. The van der Waals surface area contributed by atoms with Crippen molar-refractivity contribution in [3.8, 4) is 16.8 Å². The molecule has 0 saturated carbocycles. The maximum Gasteiger partial charge on any atom is 0.282 e. The molecule has 2 nitrogen and oxygen atoms in total. The molecular weight excluding hydrogens is 325 g/mol. The maximum atomic E-state index is 14.9. The fourth-order valence-electron chi connectivity index (χ4n) is 2.71. The van der Waals surface area contributed by atoms with E-state index in [0.29, 0.717) is 11.3 Å². The van der Waals surface area contributed by atoms with Crippen molar-refractivity contribution in [2.24, 2.45) is 0 Å². The van der Waals surface area contributed by atoms with Crippen molar-refractivity contribution in [3.63, 3.8) is 0 Å². The van der Waals surface area contributed by atoms with E-state index in [2.05, 4.69) is 25.9 Å². The Morgan fingerprint density at radius 1 is 0.920 bits per heavy atom. The van der Waals surface area contributed by atoms with Crippen LogP contribution in [0.5, 0.6) is 0 Å². The van der Waals surface area contributed by atoms with E-state index in [4.69, 9.17) is 0 Å². The summed E-state index contributed by atoms with van der Waals surface area (Å²) in [6.45, 7) is 6.17. The van der Waals surface area contributed by atoms with E-state index in [9.17, 15) is 13.2 Å². The zero-order chi connectivity index (χ0) is 18.2. The van der Waals surface area contributed by atoms with Gasteiger partial charge < -0.3 is 0 Å². The van der Waals surface area contributed by atoms with Crippen molar-refractivity contribution in [3.05, 3.63) is 71.8 Å². The normalized spacial score (nSPS) is 12.0. The van der Waals surface area contributed by atoms with Crippen LogP contribution in [-0.4, -0.2) is 9.78 Å². The molecule has 5 heteroatoms. The largest absolute Gasteiger partial charge is 0.282 e. The molecule has 0 radical (unpaired) electrons. The minimum Gasteiger partial charge on any atom is -0.206 e. The van der Waals surface area contributed by atoms with E-state index in [1.54, 1.807) is 42.5 Å². The van der Waals surface area contributed by atoms with Crippen molar-refractivity contribution in [1.29, 1.82) is 0 Å². The Bertz CT molecular complexity index is 860. The van der Waals surface area contributed by atoms with Crippen LogP contribution in [0.2, 0.25) is 0 Å². The molecule has 130 valence electrons. The summed E-state index contributed by atoms with van der Waals surface area (Å²) in [7, 11) is 0. The zero-order valence-corrected chi connectivity index (χ0v) is 14.3. The molecule has 1 heterocycles. The lowest BCUT2D eigenvalue weighted by molar-refractivity contribution is 0.146. The van der Waals surface area contributed by atoms with Crippen LogP contribution in [0.25, 0.3) is 16.8 Å². The Hall–Kier alpha value is -2.56. The summed E-state index contributed by atoms with van der Waals surface area (Å²) in [4.78, 5) is 0. The zero-order valence-electron chi connectivity index (χ0n) is 14.3. The average molecular weight is 344 g/mol. The van der Waals surface area contributed by atoms with Crippen LogP contribution < -0.4 is 0 Å². The molecule has 0 bridgehead atoms. The summed E-state index contributed by atoms with van der Waals surface area (Å²) in [5, 5.41) is 3.82. The first kappa shape index (κ1) is 17.3. The number of rotatable bonds is 3. The van der Waals surface area contributed by atoms with Gasteiger partial charge in [-0.15, -0.1) is 0 Å². The van der Waals surface area contributed by atoms with Crippen molar-refractivity contribution in [2.75, 3.05) is 0 Å². The molecule has 0 fully saturated rings. The van der Waals surface area contributed by atoms with Crippen LogP contribution >= 0.6 is 0 Å². The van der Waals surface area contributed by atoms with Gasteiger partial charge >= 0.3 is 0 Å². The van der Waals surface area contributed by atoms with Gasteiger partial charge in [0.25, 0.3) is 6.43 Å². The van der Waals surface area contributed by atoms with E-state index >= 15 is 0 Å². The molecule has 3 aromatic rings. The number of nitrogens with zero attached hydrogens (tertiary/aromatic N) is 2. The predicted octanol–water partition coefficient (Wildman–Crippen LogP) is 5.91. The van der Waals surface area contributed by atoms with Gasteiger partial charge in [0.2, 0.25) is 5.95 Å². The second kappa shape index (κ2) is 6.39. The third kappa shape index (κ3) is 3.31. The molecule has 0 amide bonds. The maximum absolute atomic E-state index is 14.9. The quantitative estimate of drug-likeness (QED) is 0.577. The van der Waals surface area contributed by atoms with Gasteiger partial charge in [-0.25, -0.2) is 13.5 Å². The summed E-state index contributed by atoms with van der Waals surface area (Å²) in [6, 6.07) is 15.4. The number of para-hydroxylation sites is 1. The molecule has 0 aliphatic heterocycles. The van der Waals surface area contributed by atoms with E-state index < -0.39 is 18.1 Å². The van der Waals surface area contributed by atoms with Crippen molar-refractivity contribution >= 4 is 0 Å². The highest BCUT2D eigenvalue weighted by atomic mass is 19.3. The third-order valence-electron chi connectivity index (χ3n) is 4.10. The summed E-state index contributed by atoms with van der Waals surface area (Å²) in [5.41, 5.74) is 1.06. The summed E-state index contributed by atoms with van der Waals surface area (Å²) < 4.78 is 42.7. The molecule has 0 atom stereocenters. The SMILES string of the molecule is CC(C)(C)c1ccc(-c2c(C(F)F)nn(-c3ccccc3)c2F)cc1. The van der Waals surface area contributed by atoms with Crippen LogP contribution in [0.4, 0.5) is 13.2 Å². The smallest absolute Gasteiger partial charge is 0.206 e. The number of hydrogen-bond acceptors (Lipinski definition) is 1. The lowest BCUT2D eigenvalue weighted by Gasteiger charge is -2.19. The molecule has 0 N–H and O–H groups in total. The topological polar surface area (TPSA) is 17.8 Å². The molecular formula is C20H19F3N2. The van der Waals surface area contributed by atoms with Gasteiger partial charge in [0, 0.05) is 0 Å². The van der Waals surface area contributed by atoms with Gasteiger partial charge in [-0.3, -0.25) is 0 Å². The predicted molar refractivity (Wildman–Crippen MR) is 92.6 cm³/mol. The minimum atomic E-state index is -2.86.